The highest BCUT2D eigenvalue weighted by Crippen LogP contribution is 2.09. The van der Waals surface area contributed by atoms with Crippen LogP contribution in [0.15, 0.2) is 0 Å². The van der Waals surface area contributed by atoms with Crippen LogP contribution in [-0.2, 0) is 28.8 Å². The van der Waals surface area contributed by atoms with Crippen molar-refractivity contribution in [1.82, 2.24) is 16.0 Å². The first kappa shape index (κ1) is 29.7. The van der Waals surface area contributed by atoms with Crippen LogP contribution in [0.25, 0.3) is 0 Å². The van der Waals surface area contributed by atoms with E-state index in [-0.39, 0.29) is 12.8 Å². The van der Waals surface area contributed by atoms with Gasteiger partial charge in [-0.05, 0) is 19.3 Å². The van der Waals surface area contributed by atoms with E-state index in [1.54, 1.807) is 13.8 Å². The van der Waals surface area contributed by atoms with Crippen LogP contribution in [0.5, 0.6) is 0 Å². The molecule has 0 aliphatic heterocycles. The maximum absolute atomic E-state index is 12.6. The molecule has 6 unspecified atom stereocenters. The SMILES string of the molecule is CCC(C)C(NC(=O)C(NC(=O)C(CC(=O)O)NC(=O)C(N)CCC(N)=O)C(C)O)C(=O)O. The number of rotatable bonds is 15. The highest BCUT2D eigenvalue weighted by molar-refractivity contribution is 5.96. The van der Waals surface area contributed by atoms with Crippen molar-refractivity contribution < 1.29 is 44.1 Å². The monoisotopic (exact) mass is 475 g/mol. The molecule has 14 heteroatoms. The maximum atomic E-state index is 12.6. The van der Waals surface area contributed by atoms with E-state index in [1.165, 1.54) is 0 Å². The van der Waals surface area contributed by atoms with Crippen LogP contribution in [0, 0.1) is 5.92 Å². The van der Waals surface area contributed by atoms with Crippen molar-refractivity contribution in [2.24, 2.45) is 17.4 Å². The Bertz CT molecular complexity index is 743. The number of carbonyl (C=O) groups excluding carboxylic acids is 4. The van der Waals surface area contributed by atoms with Crippen LogP contribution in [0.1, 0.15) is 46.5 Å². The number of carbonyl (C=O) groups is 6. The second-order valence-electron chi connectivity index (χ2n) is 7.71. The van der Waals surface area contributed by atoms with Gasteiger partial charge in [0.15, 0.2) is 0 Å². The van der Waals surface area contributed by atoms with Crippen LogP contribution < -0.4 is 27.4 Å². The first-order valence-electron chi connectivity index (χ1n) is 10.3. The molecule has 6 atom stereocenters. The van der Waals surface area contributed by atoms with E-state index in [0.29, 0.717) is 6.42 Å². The molecule has 0 rings (SSSR count). The average molecular weight is 475 g/mol. The molecule has 0 saturated heterocycles. The Morgan fingerprint density at radius 2 is 1.42 bits per heavy atom. The summed E-state index contributed by atoms with van der Waals surface area (Å²) in [5, 5.41) is 34.8. The number of nitrogens with two attached hydrogens (primary N) is 2. The van der Waals surface area contributed by atoms with Crippen LogP contribution in [0.2, 0.25) is 0 Å². The maximum Gasteiger partial charge on any atom is 0.326 e. The molecule has 0 saturated carbocycles. The van der Waals surface area contributed by atoms with Crippen molar-refractivity contribution in [2.75, 3.05) is 0 Å². The zero-order valence-electron chi connectivity index (χ0n) is 18.7. The van der Waals surface area contributed by atoms with E-state index in [0.717, 1.165) is 6.92 Å². The molecule has 0 aliphatic carbocycles. The summed E-state index contributed by atoms with van der Waals surface area (Å²) < 4.78 is 0. The molecule has 0 radical (unpaired) electrons. The van der Waals surface area contributed by atoms with E-state index in [2.05, 4.69) is 16.0 Å². The standard InChI is InChI=1S/C19H33N5O9/c1-4-8(2)14(19(32)33)23-18(31)15(9(3)25)24-17(30)11(7-13(27)28)22-16(29)10(20)5-6-12(21)26/h8-11,14-15,25H,4-7,20H2,1-3H3,(H2,21,26)(H,22,29)(H,23,31)(H,24,30)(H,27,28)(H,32,33). The van der Waals surface area contributed by atoms with E-state index in [1.807, 2.05) is 0 Å². The van der Waals surface area contributed by atoms with Crippen molar-refractivity contribution >= 4 is 35.6 Å². The van der Waals surface area contributed by atoms with Gasteiger partial charge in [-0.1, -0.05) is 20.3 Å². The molecular weight excluding hydrogens is 442 g/mol. The highest BCUT2D eigenvalue weighted by atomic mass is 16.4. The lowest BCUT2D eigenvalue weighted by Crippen LogP contribution is -2.60. The van der Waals surface area contributed by atoms with Crippen molar-refractivity contribution in [3.8, 4) is 0 Å². The number of hydrogen-bond acceptors (Lipinski definition) is 8. The topological polar surface area (TPSA) is 251 Å². The third kappa shape index (κ3) is 10.7. The second kappa shape index (κ2) is 14.0. The fourth-order valence-corrected chi connectivity index (χ4v) is 2.68. The summed E-state index contributed by atoms with van der Waals surface area (Å²) in [6.45, 7) is 4.47. The van der Waals surface area contributed by atoms with Crippen molar-refractivity contribution in [3.63, 3.8) is 0 Å². The summed E-state index contributed by atoms with van der Waals surface area (Å²) in [6.07, 6.45) is -2.30. The smallest absolute Gasteiger partial charge is 0.326 e. The van der Waals surface area contributed by atoms with Gasteiger partial charge in [-0.3, -0.25) is 24.0 Å². The van der Waals surface area contributed by atoms with Crippen molar-refractivity contribution in [2.45, 2.75) is 76.7 Å². The van der Waals surface area contributed by atoms with Crippen molar-refractivity contribution in [1.29, 1.82) is 0 Å². The van der Waals surface area contributed by atoms with Gasteiger partial charge in [0.05, 0.1) is 18.6 Å². The zero-order valence-corrected chi connectivity index (χ0v) is 18.7. The molecule has 0 bridgehead atoms. The van der Waals surface area contributed by atoms with Crippen LogP contribution in [0.3, 0.4) is 0 Å². The van der Waals surface area contributed by atoms with E-state index >= 15 is 0 Å². The van der Waals surface area contributed by atoms with Gasteiger partial charge in [0, 0.05) is 6.42 Å². The van der Waals surface area contributed by atoms with Gasteiger partial charge < -0.3 is 42.7 Å². The third-order valence-electron chi connectivity index (χ3n) is 4.89. The summed E-state index contributed by atoms with van der Waals surface area (Å²) in [7, 11) is 0. The molecule has 14 nitrogen and oxygen atoms in total. The molecule has 33 heavy (non-hydrogen) atoms. The molecule has 188 valence electrons. The first-order chi connectivity index (χ1) is 15.2. The lowest BCUT2D eigenvalue weighted by molar-refractivity contribution is -0.145. The number of amides is 4. The first-order valence-corrected chi connectivity index (χ1v) is 10.3. The third-order valence-corrected chi connectivity index (χ3v) is 4.89. The largest absolute Gasteiger partial charge is 0.481 e. The van der Waals surface area contributed by atoms with Gasteiger partial charge >= 0.3 is 11.9 Å². The fraction of sp³-hybridized carbons (Fsp3) is 0.684. The summed E-state index contributed by atoms with van der Waals surface area (Å²) in [5.74, 6) is -7.00. The van der Waals surface area contributed by atoms with E-state index < -0.39 is 78.2 Å². The highest BCUT2D eigenvalue weighted by Gasteiger charge is 2.34. The van der Waals surface area contributed by atoms with Crippen LogP contribution in [0.4, 0.5) is 0 Å². The number of aliphatic hydroxyl groups excluding tert-OH is 1. The molecule has 0 fully saturated rings. The minimum absolute atomic E-state index is 0.145. The predicted molar refractivity (Wildman–Crippen MR) is 113 cm³/mol. The lowest BCUT2D eigenvalue weighted by atomic mass is 9.98. The number of hydrogen-bond donors (Lipinski definition) is 8. The van der Waals surface area contributed by atoms with E-state index in [4.69, 9.17) is 16.6 Å². The van der Waals surface area contributed by atoms with Gasteiger partial charge in [0.25, 0.3) is 0 Å². The Labute approximate surface area is 190 Å². The number of primary amides is 1. The number of nitrogens with one attached hydrogen (secondary N) is 3. The molecule has 4 amide bonds. The summed E-state index contributed by atoms with van der Waals surface area (Å²) in [6, 6.07) is -5.86. The van der Waals surface area contributed by atoms with Gasteiger partial charge in [-0.15, -0.1) is 0 Å². The number of aliphatic carboxylic acids is 2. The minimum Gasteiger partial charge on any atom is -0.481 e. The molecule has 0 aliphatic rings. The lowest BCUT2D eigenvalue weighted by Gasteiger charge is -2.27. The summed E-state index contributed by atoms with van der Waals surface area (Å²) in [5.41, 5.74) is 10.6. The second-order valence-corrected chi connectivity index (χ2v) is 7.71. The van der Waals surface area contributed by atoms with Gasteiger partial charge in [0.2, 0.25) is 23.6 Å². The van der Waals surface area contributed by atoms with Gasteiger partial charge in [0.1, 0.15) is 18.1 Å². The number of carboxylic acids is 2. The molecule has 0 heterocycles. The molecule has 0 aromatic carbocycles. The van der Waals surface area contributed by atoms with Crippen LogP contribution in [-0.4, -0.2) is 81.2 Å². The molecule has 0 aromatic rings. The molecule has 0 aromatic heterocycles. The number of aliphatic hydroxyl groups is 1. The quantitative estimate of drug-likeness (QED) is 0.119. The molecule has 0 spiro atoms. The van der Waals surface area contributed by atoms with Gasteiger partial charge in [-0.25, -0.2) is 4.79 Å². The molecule has 10 N–H and O–H groups in total. The Morgan fingerprint density at radius 3 is 1.85 bits per heavy atom. The van der Waals surface area contributed by atoms with Crippen LogP contribution >= 0.6 is 0 Å². The Balaban J connectivity index is 5.46. The average Bonchev–Trinajstić information content (AvgIpc) is 2.71. The normalized spacial score (nSPS) is 16.3. The summed E-state index contributed by atoms with van der Waals surface area (Å²) >= 11 is 0. The predicted octanol–water partition coefficient (Wildman–Crippen LogP) is -2.98. The van der Waals surface area contributed by atoms with E-state index in [9.17, 15) is 39.0 Å². The minimum atomic E-state index is -1.67. The Kier molecular flexibility index (Phi) is 12.6. The van der Waals surface area contributed by atoms with Gasteiger partial charge in [-0.2, -0.15) is 0 Å². The number of carboxylic acid groups (broad SMARTS) is 2. The van der Waals surface area contributed by atoms with Crippen molar-refractivity contribution in [3.05, 3.63) is 0 Å². The Morgan fingerprint density at radius 1 is 0.879 bits per heavy atom. The zero-order chi connectivity index (χ0) is 25.9. The molecular formula is C19H33N5O9. The summed E-state index contributed by atoms with van der Waals surface area (Å²) in [4.78, 5) is 70.8. The Hall–Kier alpha value is -3.26. The fourth-order valence-electron chi connectivity index (χ4n) is 2.68.